The minimum atomic E-state index is 0.240. The Morgan fingerprint density at radius 1 is 1.19 bits per heavy atom. The molecule has 0 atom stereocenters. The molecular weight excluding hydrogens is 202 g/mol. The number of aryl methyl sites for hydroxylation is 1. The molecule has 0 spiro atoms. The monoisotopic (exact) mass is 211 g/mol. The van der Waals surface area contributed by atoms with Crippen molar-refractivity contribution in [1.82, 2.24) is 9.97 Å². The molecule has 16 heavy (non-hydrogen) atoms. The number of hydrogen-bond donors (Lipinski definition) is 0. The van der Waals surface area contributed by atoms with Crippen LogP contribution in [0.5, 0.6) is 11.6 Å². The second-order valence-corrected chi connectivity index (χ2v) is 3.27. The molecule has 0 fully saturated rings. The maximum atomic E-state index is 8.66. The Balaban J connectivity index is 2.21. The Labute approximate surface area is 93.2 Å². The predicted molar refractivity (Wildman–Crippen MR) is 58.0 cm³/mol. The predicted octanol–water partition coefficient (Wildman–Crippen LogP) is 2.45. The average Bonchev–Trinajstić information content (AvgIpc) is 2.32. The van der Waals surface area contributed by atoms with Gasteiger partial charge in [0.05, 0.1) is 12.4 Å². The van der Waals surface area contributed by atoms with Gasteiger partial charge in [-0.05, 0) is 19.1 Å². The first-order valence-electron chi connectivity index (χ1n) is 4.74. The van der Waals surface area contributed by atoms with Gasteiger partial charge in [0.2, 0.25) is 5.88 Å². The molecule has 0 aliphatic rings. The van der Waals surface area contributed by atoms with Crippen molar-refractivity contribution in [2.75, 3.05) is 0 Å². The van der Waals surface area contributed by atoms with E-state index < -0.39 is 0 Å². The van der Waals surface area contributed by atoms with Crippen molar-refractivity contribution in [3.05, 3.63) is 47.9 Å². The highest BCUT2D eigenvalue weighted by Gasteiger charge is 2.00. The average molecular weight is 211 g/mol. The van der Waals surface area contributed by atoms with Gasteiger partial charge in [-0.25, -0.2) is 0 Å². The minimum absolute atomic E-state index is 0.240. The van der Waals surface area contributed by atoms with Crippen LogP contribution < -0.4 is 4.74 Å². The van der Waals surface area contributed by atoms with Crippen LogP contribution in [0.25, 0.3) is 0 Å². The molecule has 0 saturated carbocycles. The van der Waals surface area contributed by atoms with E-state index in [1.54, 1.807) is 0 Å². The molecule has 0 aliphatic heterocycles. The fraction of sp³-hybridized carbons (Fsp3) is 0.0833. The summed E-state index contributed by atoms with van der Waals surface area (Å²) in [6.07, 6.45) is 2.86. The van der Waals surface area contributed by atoms with E-state index in [1.807, 2.05) is 37.3 Å². The highest BCUT2D eigenvalue weighted by molar-refractivity contribution is 5.30. The van der Waals surface area contributed by atoms with E-state index in [9.17, 15) is 0 Å². The highest BCUT2D eigenvalue weighted by atomic mass is 16.5. The molecule has 0 unspecified atom stereocenters. The van der Waals surface area contributed by atoms with Crippen LogP contribution in [0.3, 0.4) is 0 Å². The van der Waals surface area contributed by atoms with E-state index in [2.05, 4.69) is 9.97 Å². The summed E-state index contributed by atoms with van der Waals surface area (Å²) >= 11 is 0. The van der Waals surface area contributed by atoms with E-state index >= 15 is 0 Å². The normalized spacial score (nSPS) is 9.50. The number of ether oxygens (including phenoxy) is 1. The van der Waals surface area contributed by atoms with Crippen LogP contribution in [0.1, 0.15) is 11.3 Å². The van der Waals surface area contributed by atoms with Crippen LogP contribution in [0.4, 0.5) is 0 Å². The number of nitrogens with zero attached hydrogens (tertiary/aromatic N) is 3. The molecule has 0 radical (unpaired) electrons. The molecule has 4 nitrogen and oxygen atoms in total. The van der Waals surface area contributed by atoms with Gasteiger partial charge in [0.25, 0.3) is 0 Å². The van der Waals surface area contributed by atoms with Gasteiger partial charge in [0, 0.05) is 0 Å². The second kappa shape index (κ2) is 4.41. The van der Waals surface area contributed by atoms with Crippen molar-refractivity contribution < 1.29 is 4.74 Å². The third kappa shape index (κ3) is 2.34. The lowest BCUT2D eigenvalue weighted by Crippen LogP contribution is -1.91. The quantitative estimate of drug-likeness (QED) is 0.765. The van der Waals surface area contributed by atoms with E-state index in [4.69, 9.17) is 10.00 Å². The standard InChI is InChI=1S/C12H9N3O/c1-9-2-4-11(5-3-9)16-12-8-14-7-10(6-13)15-12/h2-5,7-8H,1H3. The Bertz CT molecular complexity index is 529. The summed E-state index contributed by atoms with van der Waals surface area (Å²) in [5, 5.41) is 8.66. The van der Waals surface area contributed by atoms with E-state index in [-0.39, 0.29) is 5.69 Å². The van der Waals surface area contributed by atoms with Crippen molar-refractivity contribution in [2.45, 2.75) is 6.92 Å². The summed E-state index contributed by atoms with van der Waals surface area (Å²) < 4.78 is 5.45. The molecule has 2 aromatic rings. The van der Waals surface area contributed by atoms with Crippen molar-refractivity contribution in [3.8, 4) is 17.7 Å². The number of benzene rings is 1. The summed E-state index contributed by atoms with van der Waals surface area (Å²) in [5.74, 6) is 0.998. The first-order valence-corrected chi connectivity index (χ1v) is 4.74. The topological polar surface area (TPSA) is 58.8 Å². The van der Waals surface area contributed by atoms with E-state index in [0.29, 0.717) is 11.6 Å². The van der Waals surface area contributed by atoms with Crippen LogP contribution in [-0.4, -0.2) is 9.97 Å². The summed E-state index contributed by atoms with van der Waals surface area (Å²) in [6.45, 7) is 2.00. The number of aromatic nitrogens is 2. The van der Waals surface area contributed by atoms with Gasteiger partial charge in [0.15, 0.2) is 5.69 Å². The van der Waals surface area contributed by atoms with Crippen LogP contribution in [0, 0.1) is 18.3 Å². The summed E-state index contributed by atoms with van der Waals surface area (Å²) in [7, 11) is 0. The van der Waals surface area contributed by atoms with Crippen molar-refractivity contribution in [1.29, 1.82) is 5.26 Å². The van der Waals surface area contributed by atoms with E-state index in [1.165, 1.54) is 12.4 Å². The number of nitriles is 1. The van der Waals surface area contributed by atoms with Crippen molar-refractivity contribution in [2.24, 2.45) is 0 Å². The zero-order chi connectivity index (χ0) is 11.4. The molecule has 4 heteroatoms. The molecule has 0 N–H and O–H groups in total. The van der Waals surface area contributed by atoms with Gasteiger partial charge in [-0.15, -0.1) is 0 Å². The lowest BCUT2D eigenvalue weighted by molar-refractivity contribution is 0.459. The van der Waals surface area contributed by atoms with E-state index in [0.717, 1.165) is 5.56 Å². The zero-order valence-corrected chi connectivity index (χ0v) is 8.71. The van der Waals surface area contributed by atoms with Gasteiger partial charge in [0.1, 0.15) is 11.8 Å². The van der Waals surface area contributed by atoms with Crippen LogP contribution in [0.15, 0.2) is 36.7 Å². The fourth-order valence-corrected chi connectivity index (χ4v) is 1.18. The maximum Gasteiger partial charge on any atom is 0.239 e. The Kier molecular flexibility index (Phi) is 2.79. The molecule has 0 aliphatic carbocycles. The largest absolute Gasteiger partial charge is 0.437 e. The molecule has 1 aromatic heterocycles. The van der Waals surface area contributed by atoms with Crippen LogP contribution in [0.2, 0.25) is 0 Å². The first-order chi connectivity index (χ1) is 7.78. The Morgan fingerprint density at radius 2 is 1.94 bits per heavy atom. The van der Waals surface area contributed by atoms with Gasteiger partial charge >= 0.3 is 0 Å². The molecule has 0 amide bonds. The SMILES string of the molecule is Cc1ccc(Oc2cncc(C#N)n2)cc1. The summed E-state index contributed by atoms with van der Waals surface area (Å²) in [6, 6.07) is 9.48. The number of hydrogen-bond acceptors (Lipinski definition) is 4. The van der Waals surface area contributed by atoms with Gasteiger partial charge < -0.3 is 4.74 Å². The third-order valence-electron chi connectivity index (χ3n) is 1.97. The lowest BCUT2D eigenvalue weighted by Gasteiger charge is -2.03. The maximum absolute atomic E-state index is 8.66. The lowest BCUT2D eigenvalue weighted by atomic mass is 10.2. The minimum Gasteiger partial charge on any atom is -0.437 e. The molecule has 0 saturated heterocycles. The smallest absolute Gasteiger partial charge is 0.239 e. The van der Waals surface area contributed by atoms with Crippen molar-refractivity contribution >= 4 is 0 Å². The highest BCUT2D eigenvalue weighted by Crippen LogP contribution is 2.18. The van der Waals surface area contributed by atoms with Gasteiger partial charge in [-0.2, -0.15) is 10.2 Å². The van der Waals surface area contributed by atoms with Crippen molar-refractivity contribution in [3.63, 3.8) is 0 Å². The van der Waals surface area contributed by atoms with Gasteiger partial charge in [-0.1, -0.05) is 17.7 Å². The molecule has 1 aromatic carbocycles. The summed E-state index contributed by atoms with van der Waals surface area (Å²) in [5.41, 5.74) is 1.40. The molecule has 2 rings (SSSR count). The second-order valence-electron chi connectivity index (χ2n) is 3.27. The molecular formula is C12H9N3O. The zero-order valence-electron chi connectivity index (χ0n) is 8.71. The Morgan fingerprint density at radius 3 is 2.62 bits per heavy atom. The molecule has 0 bridgehead atoms. The molecule has 1 heterocycles. The first kappa shape index (κ1) is 10.1. The van der Waals surface area contributed by atoms with Crippen LogP contribution in [-0.2, 0) is 0 Å². The van der Waals surface area contributed by atoms with Gasteiger partial charge in [-0.3, -0.25) is 4.98 Å². The summed E-state index contributed by atoms with van der Waals surface area (Å²) in [4.78, 5) is 7.82. The fourth-order valence-electron chi connectivity index (χ4n) is 1.18. The third-order valence-corrected chi connectivity index (χ3v) is 1.97. The Hall–Kier alpha value is -2.41. The molecule has 78 valence electrons. The number of rotatable bonds is 2. The van der Waals surface area contributed by atoms with Crippen LogP contribution >= 0.6 is 0 Å².